The molecule has 7 heteroatoms. The Labute approximate surface area is 75.5 Å². The highest BCUT2D eigenvalue weighted by Gasteiger charge is 2.32. The SMILES string of the molecule is N#Cc1[nH]c(=O)ccc1OC(F)(F)F. The summed E-state index contributed by atoms with van der Waals surface area (Å²) < 4.78 is 38.7. The molecule has 0 unspecified atom stereocenters. The first-order valence-electron chi connectivity index (χ1n) is 3.31. The van der Waals surface area contributed by atoms with E-state index in [2.05, 4.69) is 4.74 Å². The van der Waals surface area contributed by atoms with E-state index < -0.39 is 23.4 Å². The molecule has 0 aliphatic carbocycles. The van der Waals surface area contributed by atoms with Gasteiger partial charge in [0, 0.05) is 6.07 Å². The van der Waals surface area contributed by atoms with Crippen molar-refractivity contribution >= 4 is 0 Å². The van der Waals surface area contributed by atoms with E-state index in [0.29, 0.717) is 0 Å². The smallest absolute Gasteiger partial charge is 0.403 e. The fourth-order valence-electron chi connectivity index (χ4n) is 0.754. The van der Waals surface area contributed by atoms with Crippen LogP contribution in [0, 0.1) is 11.3 Å². The van der Waals surface area contributed by atoms with E-state index in [1.807, 2.05) is 4.98 Å². The second-order valence-corrected chi connectivity index (χ2v) is 2.22. The molecule has 1 rings (SSSR count). The summed E-state index contributed by atoms with van der Waals surface area (Å²) in [5.74, 6) is -0.723. The van der Waals surface area contributed by atoms with Crippen LogP contribution in [0.15, 0.2) is 16.9 Å². The standard InChI is InChI=1S/C7H3F3N2O2/c8-7(9,10)14-5-1-2-6(13)12-4(5)3-11/h1-2H,(H,12,13). The third-order valence-electron chi connectivity index (χ3n) is 1.22. The lowest BCUT2D eigenvalue weighted by Gasteiger charge is -2.08. The molecule has 0 fully saturated rings. The molecule has 0 aliphatic rings. The van der Waals surface area contributed by atoms with E-state index in [1.165, 1.54) is 6.07 Å². The van der Waals surface area contributed by atoms with E-state index in [9.17, 15) is 18.0 Å². The van der Waals surface area contributed by atoms with Crippen LogP contribution >= 0.6 is 0 Å². The molecule has 74 valence electrons. The van der Waals surface area contributed by atoms with Gasteiger partial charge in [0.15, 0.2) is 11.4 Å². The molecule has 0 saturated carbocycles. The molecule has 1 N–H and O–H groups in total. The van der Waals surface area contributed by atoms with Gasteiger partial charge < -0.3 is 9.72 Å². The summed E-state index contributed by atoms with van der Waals surface area (Å²) in [6.45, 7) is 0. The molecule has 0 saturated heterocycles. The Balaban J connectivity index is 3.11. The number of hydrogen-bond donors (Lipinski definition) is 1. The van der Waals surface area contributed by atoms with Gasteiger partial charge >= 0.3 is 6.36 Å². The number of aromatic nitrogens is 1. The van der Waals surface area contributed by atoms with E-state index in [-0.39, 0.29) is 0 Å². The number of H-pyrrole nitrogens is 1. The largest absolute Gasteiger partial charge is 0.573 e. The van der Waals surface area contributed by atoms with Crippen molar-refractivity contribution in [2.75, 3.05) is 0 Å². The monoisotopic (exact) mass is 204 g/mol. The molecular weight excluding hydrogens is 201 g/mol. The molecular formula is C7H3F3N2O2. The fraction of sp³-hybridized carbons (Fsp3) is 0.143. The Morgan fingerprint density at radius 3 is 2.57 bits per heavy atom. The first-order valence-corrected chi connectivity index (χ1v) is 3.31. The van der Waals surface area contributed by atoms with Gasteiger partial charge in [0.25, 0.3) is 0 Å². The fourth-order valence-corrected chi connectivity index (χ4v) is 0.754. The van der Waals surface area contributed by atoms with Crippen molar-refractivity contribution in [3.8, 4) is 11.8 Å². The van der Waals surface area contributed by atoms with Crippen LogP contribution in [-0.4, -0.2) is 11.3 Å². The molecule has 0 amide bonds. The summed E-state index contributed by atoms with van der Waals surface area (Å²) in [7, 11) is 0. The Bertz CT molecular complexity index is 430. The number of hydrogen-bond acceptors (Lipinski definition) is 3. The minimum Gasteiger partial charge on any atom is -0.403 e. The van der Waals surface area contributed by atoms with Gasteiger partial charge in [-0.15, -0.1) is 13.2 Å². The normalized spacial score (nSPS) is 10.7. The maximum atomic E-state index is 11.7. The minimum atomic E-state index is -4.89. The van der Waals surface area contributed by atoms with E-state index >= 15 is 0 Å². The zero-order valence-electron chi connectivity index (χ0n) is 6.55. The molecule has 4 nitrogen and oxygen atoms in total. The Hall–Kier alpha value is -1.97. The number of aromatic amines is 1. The first-order chi connectivity index (χ1) is 6.42. The van der Waals surface area contributed by atoms with Gasteiger partial charge in [0.1, 0.15) is 6.07 Å². The van der Waals surface area contributed by atoms with E-state index in [1.54, 1.807) is 0 Å². The highest BCUT2D eigenvalue weighted by molar-refractivity contribution is 5.36. The van der Waals surface area contributed by atoms with Crippen LogP contribution < -0.4 is 10.3 Å². The van der Waals surface area contributed by atoms with Crippen molar-refractivity contribution in [3.05, 3.63) is 28.2 Å². The summed E-state index contributed by atoms with van der Waals surface area (Å²) >= 11 is 0. The summed E-state index contributed by atoms with van der Waals surface area (Å²) in [6.07, 6.45) is -4.89. The lowest BCUT2D eigenvalue weighted by molar-refractivity contribution is -0.274. The quantitative estimate of drug-likeness (QED) is 0.745. The molecule has 0 bridgehead atoms. The highest BCUT2D eigenvalue weighted by atomic mass is 19.4. The predicted octanol–water partition coefficient (Wildman–Crippen LogP) is 1.15. The maximum Gasteiger partial charge on any atom is 0.573 e. The summed E-state index contributed by atoms with van der Waals surface area (Å²) in [4.78, 5) is 12.5. The number of nitrogens with one attached hydrogen (secondary N) is 1. The number of nitriles is 1. The molecule has 14 heavy (non-hydrogen) atoms. The van der Waals surface area contributed by atoms with Crippen LogP contribution in [0.2, 0.25) is 0 Å². The number of halogens is 3. The van der Waals surface area contributed by atoms with Crippen molar-refractivity contribution in [3.63, 3.8) is 0 Å². The third kappa shape index (κ3) is 2.52. The van der Waals surface area contributed by atoms with E-state index in [0.717, 1.165) is 12.1 Å². The van der Waals surface area contributed by atoms with Crippen molar-refractivity contribution in [1.29, 1.82) is 5.26 Å². The Morgan fingerprint density at radius 2 is 2.07 bits per heavy atom. The summed E-state index contributed by atoms with van der Waals surface area (Å²) in [5, 5.41) is 8.37. The second kappa shape index (κ2) is 3.41. The van der Waals surface area contributed by atoms with Crippen LogP contribution in [-0.2, 0) is 0 Å². The molecule has 0 radical (unpaired) electrons. The van der Waals surface area contributed by atoms with Crippen LogP contribution in [0.1, 0.15) is 5.69 Å². The van der Waals surface area contributed by atoms with Gasteiger partial charge in [0.2, 0.25) is 5.56 Å². The number of pyridine rings is 1. The molecule has 0 spiro atoms. The van der Waals surface area contributed by atoms with Crippen molar-refractivity contribution in [2.45, 2.75) is 6.36 Å². The molecule has 0 aliphatic heterocycles. The number of rotatable bonds is 1. The third-order valence-corrected chi connectivity index (χ3v) is 1.22. The molecule has 1 heterocycles. The second-order valence-electron chi connectivity index (χ2n) is 2.22. The van der Waals surface area contributed by atoms with Gasteiger partial charge in [0.05, 0.1) is 0 Å². The zero-order chi connectivity index (χ0) is 10.8. The van der Waals surface area contributed by atoms with E-state index in [4.69, 9.17) is 5.26 Å². The van der Waals surface area contributed by atoms with Gasteiger partial charge in [-0.3, -0.25) is 4.79 Å². The maximum absolute atomic E-state index is 11.7. The first kappa shape index (κ1) is 10.1. The van der Waals surface area contributed by atoms with Gasteiger partial charge in [-0.05, 0) is 6.07 Å². The van der Waals surface area contributed by atoms with Crippen LogP contribution in [0.3, 0.4) is 0 Å². The Morgan fingerprint density at radius 1 is 1.43 bits per heavy atom. The van der Waals surface area contributed by atoms with Crippen LogP contribution in [0.4, 0.5) is 13.2 Å². The van der Waals surface area contributed by atoms with Gasteiger partial charge in [-0.25, -0.2) is 0 Å². The molecule has 0 aromatic carbocycles. The number of nitrogens with zero attached hydrogens (tertiary/aromatic N) is 1. The lowest BCUT2D eigenvalue weighted by atomic mass is 10.3. The molecule has 1 aromatic heterocycles. The van der Waals surface area contributed by atoms with Crippen LogP contribution in [0.25, 0.3) is 0 Å². The van der Waals surface area contributed by atoms with Gasteiger partial charge in [-0.2, -0.15) is 5.26 Å². The number of alkyl halides is 3. The number of ether oxygens (including phenoxy) is 1. The van der Waals surface area contributed by atoms with Crippen molar-refractivity contribution in [1.82, 2.24) is 4.98 Å². The molecule has 1 aromatic rings. The van der Waals surface area contributed by atoms with Crippen molar-refractivity contribution in [2.24, 2.45) is 0 Å². The average Bonchev–Trinajstić information content (AvgIpc) is 2.06. The predicted molar refractivity (Wildman–Crippen MR) is 38.5 cm³/mol. The highest BCUT2D eigenvalue weighted by Crippen LogP contribution is 2.23. The lowest BCUT2D eigenvalue weighted by Crippen LogP contribution is -2.19. The summed E-state index contributed by atoms with van der Waals surface area (Å²) in [6, 6.07) is 3.00. The summed E-state index contributed by atoms with van der Waals surface area (Å²) in [5.41, 5.74) is -1.23. The van der Waals surface area contributed by atoms with Crippen molar-refractivity contribution < 1.29 is 17.9 Å². The Kier molecular flexibility index (Phi) is 2.47. The molecule has 0 atom stereocenters. The van der Waals surface area contributed by atoms with Crippen LogP contribution in [0.5, 0.6) is 5.75 Å². The zero-order valence-corrected chi connectivity index (χ0v) is 6.55. The topological polar surface area (TPSA) is 65.9 Å². The minimum absolute atomic E-state index is 0.560. The average molecular weight is 204 g/mol. The van der Waals surface area contributed by atoms with Gasteiger partial charge in [-0.1, -0.05) is 0 Å².